The van der Waals surface area contributed by atoms with Gasteiger partial charge in [0.05, 0.1) is 17.8 Å². The number of carbonyl (C=O) groups excluding carboxylic acids is 1. The second-order valence-corrected chi connectivity index (χ2v) is 4.16. The third kappa shape index (κ3) is 2.54. The van der Waals surface area contributed by atoms with E-state index in [0.717, 1.165) is 23.5 Å². The zero-order valence-corrected chi connectivity index (χ0v) is 10.3. The van der Waals surface area contributed by atoms with E-state index in [9.17, 15) is 4.79 Å². The molecule has 0 unspecified atom stereocenters. The summed E-state index contributed by atoms with van der Waals surface area (Å²) in [5, 5.41) is 2.23. The fourth-order valence-electron chi connectivity index (χ4n) is 1.18. The van der Waals surface area contributed by atoms with Crippen molar-refractivity contribution in [3.05, 3.63) is 15.6 Å². The first-order valence-corrected chi connectivity index (χ1v) is 5.76. The van der Waals surface area contributed by atoms with Crippen molar-refractivity contribution in [2.45, 2.75) is 26.7 Å². The van der Waals surface area contributed by atoms with Gasteiger partial charge in [0.2, 0.25) is 0 Å². The fourth-order valence-corrected chi connectivity index (χ4v) is 2.24. The molecule has 0 bridgehead atoms. The maximum atomic E-state index is 11.9. The average Bonchev–Trinajstić information content (AvgIpc) is 2.69. The number of nitrogens with zero attached hydrogens (tertiary/aromatic N) is 2. The molecule has 0 radical (unpaired) electrons. The molecule has 84 valence electrons. The van der Waals surface area contributed by atoms with E-state index in [1.165, 1.54) is 23.5 Å². The van der Waals surface area contributed by atoms with Gasteiger partial charge in [0.1, 0.15) is 4.88 Å². The zero-order chi connectivity index (χ0) is 11.4. The average molecular weight is 228 g/mol. The molecule has 0 aliphatic carbocycles. The predicted octanol–water partition coefficient (Wildman–Crippen LogP) is 1.90. The van der Waals surface area contributed by atoms with Gasteiger partial charge in [-0.3, -0.25) is 9.63 Å². The number of hydroxylamine groups is 2. The summed E-state index contributed by atoms with van der Waals surface area (Å²) in [6, 6.07) is 0. The van der Waals surface area contributed by atoms with Crippen LogP contribution in [0, 0.1) is 0 Å². The van der Waals surface area contributed by atoms with Crippen LogP contribution in [0.4, 0.5) is 0 Å². The molecule has 0 aromatic carbocycles. The van der Waals surface area contributed by atoms with Crippen LogP contribution >= 0.6 is 11.3 Å². The monoisotopic (exact) mass is 228 g/mol. The number of hydrogen-bond donors (Lipinski definition) is 0. The van der Waals surface area contributed by atoms with Crippen LogP contribution in [0.25, 0.3) is 0 Å². The van der Waals surface area contributed by atoms with E-state index in [0.29, 0.717) is 4.88 Å². The van der Waals surface area contributed by atoms with Crippen molar-refractivity contribution in [3.63, 3.8) is 0 Å². The summed E-state index contributed by atoms with van der Waals surface area (Å²) in [4.78, 5) is 21.8. The van der Waals surface area contributed by atoms with Crippen LogP contribution in [-0.4, -0.2) is 30.1 Å². The number of hydrogen-bond acceptors (Lipinski definition) is 4. The van der Waals surface area contributed by atoms with Gasteiger partial charge in [0.25, 0.3) is 5.91 Å². The Bertz CT molecular complexity index is 349. The van der Waals surface area contributed by atoms with Gasteiger partial charge in [0.15, 0.2) is 0 Å². The highest BCUT2D eigenvalue weighted by Crippen LogP contribution is 2.21. The maximum Gasteiger partial charge on any atom is 0.289 e. The number of aryl methyl sites for hydroxylation is 2. The minimum absolute atomic E-state index is 0.119. The lowest BCUT2D eigenvalue weighted by Gasteiger charge is -2.12. The standard InChI is InChI=1S/C10H16N2O2S/c1-5-7-9(10(13)12(3)14-4)15-8(6-2)11-7/h5-6H2,1-4H3. The summed E-state index contributed by atoms with van der Waals surface area (Å²) in [6.45, 7) is 4.03. The van der Waals surface area contributed by atoms with Crippen LogP contribution in [0.3, 0.4) is 0 Å². The molecule has 0 spiro atoms. The molecule has 0 atom stereocenters. The van der Waals surface area contributed by atoms with Crippen LogP contribution in [0.5, 0.6) is 0 Å². The molecule has 0 fully saturated rings. The van der Waals surface area contributed by atoms with Gasteiger partial charge in [-0.25, -0.2) is 10.0 Å². The first-order chi connectivity index (χ1) is 7.13. The smallest absolute Gasteiger partial charge is 0.274 e. The Morgan fingerprint density at radius 2 is 2.13 bits per heavy atom. The van der Waals surface area contributed by atoms with Crippen LogP contribution in [0.1, 0.15) is 34.2 Å². The number of thiazole rings is 1. The quantitative estimate of drug-likeness (QED) is 0.739. The molecule has 0 saturated carbocycles. The molecule has 0 N–H and O–H groups in total. The van der Waals surface area contributed by atoms with Crippen LogP contribution in [0.2, 0.25) is 0 Å². The minimum atomic E-state index is -0.119. The molecular formula is C10H16N2O2S. The molecule has 4 nitrogen and oxygen atoms in total. The zero-order valence-electron chi connectivity index (χ0n) is 9.53. The molecule has 5 heteroatoms. The van der Waals surface area contributed by atoms with Gasteiger partial charge < -0.3 is 0 Å². The molecule has 1 rings (SSSR count). The van der Waals surface area contributed by atoms with Crippen molar-refractivity contribution in [1.82, 2.24) is 10.0 Å². The molecule has 0 saturated heterocycles. The van der Waals surface area contributed by atoms with Crippen molar-refractivity contribution in [1.29, 1.82) is 0 Å². The van der Waals surface area contributed by atoms with Gasteiger partial charge in [-0.2, -0.15) is 0 Å². The van der Waals surface area contributed by atoms with E-state index in [-0.39, 0.29) is 5.91 Å². The van der Waals surface area contributed by atoms with Crippen molar-refractivity contribution >= 4 is 17.2 Å². The SMILES string of the molecule is CCc1nc(CC)c(C(=O)N(C)OC)s1. The first-order valence-electron chi connectivity index (χ1n) is 4.94. The highest BCUT2D eigenvalue weighted by atomic mass is 32.1. The number of rotatable bonds is 4. The summed E-state index contributed by atoms with van der Waals surface area (Å²) < 4.78 is 0. The van der Waals surface area contributed by atoms with Crippen LogP contribution in [0.15, 0.2) is 0 Å². The van der Waals surface area contributed by atoms with Gasteiger partial charge in [-0.15, -0.1) is 11.3 Å². The molecule has 0 aliphatic rings. The topological polar surface area (TPSA) is 42.4 Å². The normalized spacial score (nSPS) is 10.4. The number of aromatic nitrogens is 1. The Morgan fingerprint density at radius 3 is 2.60 bits per heavy atom. The second-order valence-electron chi connectivity index (χ2n) is 3.08. The lowest BCUT2D eigenvalue weighted by atomic mass is 10.3. The highest BCUT2D eigenvalue weighted by Gasteiger charge is 2.19. The molecule has 1 aromatic rings. The van der Waals surface area contributed by atoms with Crippen molar-refractivity contribution in [2.75, 3.05) is 14.2 Å². The molecular weight excluding hydrogens is 212 g/mol. The van der Waals surface area contributed by atoms with Crippen LogP contribution in [-0.2, 0) is 17.7 Å². The maximum absolute atomic E-state index is 11.9. The van der Waals surface area contributed by atoms with E-state index in [1.807, 2.05) is 13.8 Å². The van der Waals surface area contributed by atoms with Crippen molar-refractivity contribution in [2.24, 2.45) is 0 Å². The lowest BCUT2D eigenvalue weighted by molar-refractivity contribution is -0.0754. The van der Waals surface area contributed by atoms with E-state index in [4.69, 9.17) is 4.84 Å². The van der Waals surface area contributed by atoms with Gasteiger partial charge in [-0.05, 0) is 12.8 Å². The molecule has 1 heterocycles. The molecule has 1 aromatic heterocycles. The largest absolute Gasteiger partial charge is 0.289 e. The van der Waals surface area contributed by atoms with E-state index < -0.39 is 0 Å². The van der Waals surface area contributed by atoms with E-state index >= 15 is 0 Å². The predicted molar refractivity (Wildman–Crippen MR) is 60.0 cm³/mol. The van der Waals surface area contributed by atoms with Gasteiger partial charge in [0, 0.05) is 7.05 Å². The van der Waals surface area contributed by atoms with Gasteiger partial charge in [-0.1, -0.05) is 13.8 Å². The summed E-state index contributed by atoms with van der Waals surface area (Å²) in [5.41, 5.74) is 0.866. The van der Waals surface area contributed by atoms with E-state index in [2.05, 4.69) is 4.98 Å². The number of carbonyl (C=O) groups is 1. The summed E-state index contributed by atoms with van der Waals surface area (Å²) >= 11 is 1.45. The minimum Gasteiger partial charge on any atom is -0.274 e. The summed E-state index contributed by atoms with van der Waals surface area (Å²) in [6.07, 6.45) is 1.64. The fraction of sp³-hybridized carbons (Fsp3) is 0.600. The molecule has 1 amide bonds. The molecule has 0 aliphatic heterocycles. The Balaban J connectivity index is 3.01. The Kier molecular flexibility index (Phi) is 4.23. The van der Waals surface area contributed by atoms with Crippen molar-refractivity contribution in [3.8, 4) is 0 Å². The molecule has 15 heavy (non-hydrogen) atoms. The third-order valence-electron chi connectivity index (χ3n) is 2.13. The van der Waals surface area contributed by atoms with Gasteiger partial charge >= 0.3 is 0 Å². The van der Waals surface area contributed by atoms with E-state index in [1.54, 1.807) is 7.05 Å². The van der Waals surface area contributed by atoms with Crippen molar-refractivity contribution < 1.29 is 9.63 Å². The summed E-state index contributed by atoms with van der Waals surface area (Å²) in [5.74, 6) is -0.119. The second kappa shape index (κ2) is 5.23. The van der Waals surface area contributed by atoms with Crippen LogP contribution < -0.4 is 0 Å². The Morgan fingerprint density at radius 1 is 1.47 bits per heavy atom. The Hall–Kier alpha value is -0.940. The third-order valence-corrected chi connectivity index (χ3v) is 3.36. The summed E-state index contributed by atoms with van der Waals surface area (Å²) in [7, 11) is 3.08. The Labute approximate surface area is 93.8 Å². The highest BCUT2D eigenvalue weighted by molar-refractivity contribution is 7.13. The lowest BCUT2D eigenvalue weighted by Crippen LogP contribution is -2.25. The first kappa shape index (κ1) is 12.1. The number of amides is 1.